The molecule has 0 aromatic rings. The molecule has 0 spiro atoms. The van der Waals surface area contributed by atoms with Gasteiger partial charge in [0.1, 0.15) is 0 Å². The lowest BCUT2D eigenvalue weighted by molar-refractivity contribution is 0.264. The van der Waals surface area contributed by atoms with Gasteiger partial charge in [0.25, 0.3) is 10.2 Å². The van der Waals surface area contributed by atoms with Gasteiger partial charge in [-0.3, -0.25) is 0 Å². The molecule has 1 aliphatic heterocycles. The maximum Gasteiger partial charge on any atom is 0.280 e. The molecule has 92 valence electrons. The fourth-order valence-corrected chi connectivity index (χ4v) is 3.59. The third-order valence-corrected chi connectivity index (χ3v) is 4.69. The van der Waals surface area contributed by atoms with Gasteiger partial charge < -0.3 is 0 Å². The monoisotopic (exact) mass is 244 g/mol. The van der Waals surface area contributed by atoms with E-state index in [1.54, 1.807) is 0 Å². The Morgan fingerprint density at radius 2 is 2.25 bits per heavy atom. The van der Waals surface area contributed by atoms with Crippen molar-refractivity contribution < 1.29 is 8.42 Å². The molecule has 2 atom stereocenters. The molecule has 1 fully saturated rings. The minimum absolute atomic E-state index is 0.0709. The quantitative estimate of drug-likeness (QED) is 0.753. The Labute approximate surface area is 98.6 Å². The van der Waals surface area contributed by atoms with Gasteiger partial charge in [0.05, 0.1) is 6.04 Å². The van der Waals surface area contributed by atoms with Crippen LogP contribution >= 0.6 is 0 Å². The third-order valence-electron chi connectivity index (χ3n) is 2.95. The van der Waals surface area contributed by atoms with Gasteiger partial charge in [0.2, 0.25) is 0 Å². The number of piperidine rings is 1. The molecule has 1 saturated heterocycles. The molecule has 5 heteroatoms. The Balaban J connectivity index is 2.73. The molecule has 16 heavy (non-hydrogen) atoms. The number of hydrogen-bond donors (Lipinski definition) is 1. The van der Waals surface area contributed by atoms with Crippen molar-refractivity contribution in [2.75, 3.05) is 6.54 Å². The topological polar surface area (TPSA) is 49.4 Å². The van der Waals surface area contributed by atoms with Crippen molar-refractivity contribution >= 4 is 10.2 Å². The van der Waals surface area contributed by atoms with Gasteiger partial charge in [-0.15, -0.1) is 6.42 Å². The van der Waals surface area contributed by atoms with Gasteiger partial charge in [-0.2, -0.15) is 17.4 Å². The van der Waals surface area contributed by atoms with E-state index < -0.39 is 16.3 Å². The highest BCUT2D eigenvalue weighted by atomic mass is 32.2. The summed E-state index contributed by atoms with van der Waals surface area (Å²) >= 11 is 0. The molecular formula is C11H20N2O2S. The molecular weight excluding hydrogens is 224 g/mol. The molecule has 0 aliphatic carbocycles. The second-order valence-corrected chi connectivity index (χ2v) is 5.86. The summed E-state index contributed by atoms with van der Waals surface area (Å²) in [6.07, 6.45) is 8.82. The lowest BCUT2D eigenvalue weighted by Gasteiger charge is -2.32. The second kappa shape index (κ2) is 5.67. The highest BCUT2D eigenvalue weighted by molar-refractivity contribution is 7.87. The third kappa shape index (κ3) is 3.21. The van der Waals surface area contributed by atoms with Crippen LogP contribution in [-0.4, -0.2) is 31.4 Å². The summed E-state index contributed by atoms with van der Waals surface area (Å²) in [6.45, 7) is 4.40. The van der Waals surface area contributed by atoms with Crippen molar-refractivity contribution in [3.8, 4) is 12.3 Å². The predicted molar refractivity (Wildman–Crippen MR) is 65.0 cm³/mol. The maximum absolute atomic E-state index is 12.0. The van der Waals surface area contributed by atoms with Crippen LogP contribution in [0, 0.1) is 12.3 Å². The van der Waals surface area contributed by atoms with E-state index >= 15 is 0 Å². The van der Waals surface area contributed by atoms with Crippen LogP contribution in [0.2, 0.25) is 0 Å². The first-order chi connectivity index (χ1) is 7.51. The Morgan fingerprint density at radius 1 is 1.56 bits per heavy atom. The highest BCUT2D eigenvalue weighted by Gasteiger charge is 2.30. The smallest absolute Gasteiger partial charge is 0.195 e. The van der Waals surface area contributed by atoms with E-state index in [0.717, 1.165) is 19.3 Å². The van der Waals surface area contributed by atoms with Gasteiger partial charge >= 0.3 is 0 Å². The van der Waals surface area contributed by atoms with Gasteiger partial charge in [-0.05, 0) is 26.2 Å². The van der Waals surface area contributed by atoms with Gasteiger partial charge in [0, 0.05) is 12.6 Å². The van der Waals surface area contributed by atoms with Crippen molar-refractivity contribution in [3.05, 3.63) is 0 Å². The van der Waals surface area contributed by atoms with Crippen LogP contribution in [0.3, 0.4) is 0 Å². The average molecular weight is 244 g/mol. The van der Waals surface area contributed by atoms with E-state index in [4.69, 9.17) is 6.42 Å². The van der Waals surface area contributed by atoms with Crippen LogP contribution in [0.1, 0.15) is 39.5 Å². The van der Waals surface area contributed by atoms with Crippen LogP contribution in [0.4, 0.5) is 0 Å². The van der Waals surface area contributed by atoms with E-state index in [-0.39, 0.29) is 6.04 Å². The van der Waals surface area contributed by atoms with Crippen molar-refractivity contribution in [3.63, 3.8) is 0 Å². The van der Waals surface area contributed by atoms with E-state index in [1.807, 2.05) is 13.8 Å². The molecule has 0 radical (unpaired) electrons. The predicted octanol–water partition coefficient (Wildman–Crippen LogP) is 1.11. The summed E-state index contributed by atoms with van der Waals surface area (Å²) in [5, 5.41) is 0. The molecule has 1 N–H and O–H groups in total. The zero-order valence-corrected chi connectivity index (χ0v) is 10.8. The number of rotatable bonds is 4. The molecule has 2 unspecified atom stereocenters. The van der Waals surface area contributed by atoms with E-state index in [2.05, 4.69) is 10.6 Å². The van der Waals surface area contributed by atoms with Crippen LogP contribution in [0.5, 0.6) is 0 Å². The minimum atomic E-state index is -3.42. The fourth-order valence-electron chi connectivity index (χ4n) is 1.91. The van der Waals surface area contributed by atoms with Crippen LogP contribution in [-0.2, 0) is 10.2 Å². The summed E-state index contributed by atoms with van der Waals surface area (Å²) in [4.78, 5) is 0. The molecule has 0 amide bonds. The lowest BCUT2D eigenvalue weighted by Crippen LogP contribution is -2.50. The molecule has 1 aliphatic rings. The first-order valence-corrected chi connectivity index (χ1v) is 7.20. The Kier molecular flexibility index (Phi) is 4.78. The standard InChI is InChI=1S/C11H20N2O2S/c1-4-11(5-2)12-16(14,15)13-9-7-6-8-10(13)3/h1,10-12H,5-9H2,2-3H3. The molecule has 0 aromatic heterocycles. The molecule has 1 heterocycles. The molecule has 4 nitrogen and oxygen atoms in total. The zero-order valence-electron chi connectivity index (χ0n) is 9.94. The van der Waals surface area contributed by atoms with Gasteiger partial charge in [-0.25, -0.2) is 0 Å². The summed E-state index contributed by atoms with van der Waals surface area (Å²) in [5.41, 5.74) is 0. The summed E-state index contributed by atoms with van der Waals surface area (Å²) in [6, 6.07) is -0.333. The van der Waals surface area contributed by atoms with Crippen LogP contribution < -0.4 is 4.72 Å². The number of hydrogen-bond acceptors (Lipinski definition) is 2. The summed E-state index contributed by atoms with van der Waals surface area (Å²) in [5.74, 6) is 2.44. The van der Waals surface area contributed by atoms with Crippen molar-refractivity contribution in [2.24, 2.45) is 0 Å². The number of nitrogens with one attached hydrogen (secondary N) is 1. The van der Waals surface area contributed by atoms with E-state index in [1.165, 1.54) is 4.31 Å². The van der Waals surface area contributed by atoms with Crippen molar-refractivity contribution in [1.82, 2.24) is 9.03 Å². The average Bonchev–Trinajstić information content (AvgIpc) is 2.26. The zero-order chi connectivity index (χ0) is 12.2. The van der Waals surface area contributed by atoms with Crippen LogP contribution in [0.25, 0.3) is 0 Å². The first kappa shape index (κ1) is 13.5. The first-order valence-electron chi connectivity index (χ1n) is 5.76. The molecule has 0 saturated carbocycles. The molecule has 1 rings (SSSR count). The minimum Gasteiger partial charge on any atom is -0.195 e. The van der Waals surface area contributed by atoms with Gasteiger partial charge in [0.15, 0.2) is 0 Å². The molecule has 0 bridgehead atoms. The lowest BCUT2D eigenvalue weighted by atomic mass is 10.1. The SMILES string of the molecule is C#CC(CC)NS(=O)(=O)N1CCCCC1C. The highest BCUT2D eigenvalue weighted by Crippen LogP contribution is 2.19. The Bertz CT molecular complexity index is 359. The van der Waals surface area contributed by atoms with Crippen molar-refractivity contribution in [1.29, 1.82) is 0 Å². The Hall–Kier alpha value is -0.570. The second-order valence-electron chi connectivity index (χ2n) is 4.21. The normalized spacial score (nSPS) is 24.9. The number of terminal acetylenes is 1. The Morgan fingerprint density at radius 3 is 2.75 bits per heavy atom. The van der Waals surface area contributed by atoms with Crippen LogP contribution in [0.15, 0.2) is 0 Å². The largest absolute Gasteiger partial charge is 0.280 e. The summed E-state index contributed by atoms with van der Waals surface area (Å²) < 4.78 is 28.2. The fraction of sp³-hybridized carbons (Fsp3) is 0.818. The summed E-state index contributed by atoms with van der Waals surface area (Å²) in [7, 11) is -3.42. The maximum atomic E-state index is 12.0. The van der Waals surface area contributed by atoms with E-state index in [0.29, 0.717) is 13.0 Å². The van der Waals surface area contributed by atoms with Gasteiger partial charge in [-0.1, -0.05) is 19.3 Å². The number of nitrogens with zero attached hydrogens (tertiary/aromatic N) is 1. The van der Waals surface area contributed by atoms with Crippen molar-refractivity contribution in [2.45, 2.75) is 51.6 Å². The molecule has 0 aromatic carbocycles. The van der Waals surface area contributed by atoms with E-state index in [9.17, 15) is 8.42 Å².